The number of aliphatic hydroxyl groups excluding tert-OH is 2. The first-order valence-electron chi connectivity index (χ1n) is 20.9. The van der Waals surface area contributed by atoms with E-state index in [-0.39, 0.29) is 38.6 Å². The standard InChI is InChI=1S/C25H23NO4.C18H16BrNO3.C7H8BO3/c1-16-2-8-20(13-21(16)18-5-3-17(14-27)4-6-18)26-24(28)25(10-11-25)19-7-9-22-23(12-19)30-15-29-22;1-11-2-4-13(9-14(11)19)20-17(21)18(6-7-18)12-3-5-15-16(8-12)23-10-22-15;9-5-6-1-3-7(4-2-6)11-8-10/h2-9,12-13,27H,10-11,14-15H2,1H3,(H,26,28);2-5,8-9H,6-7,10H2,1H3,(H,20,21);1-4,9-10H,5H2. The van der Waals surface area contributed by atoms with Crippen LogP contribution in [0.1, 0.15) is 59.1 Å². The first-order valence-corrected chi connectivity index (χ1v) is 21.7. The van der Waals surface area contributed by atoms with Crippen LogP contribution in [0, 0.1) is 13.8 Å². The minimum atomic E-state index is -0.505. The number of anilines is 2. The normalized spacial score (nSPS) is 15.0. The van der Waals surface area contributed by atoms with Crippen molar-refractivity contribution >= 4 is 46.8 Å². The number of halogens is 1. The maximum Gasteiger partial charge on any atom is 0.569 e. The molecule has 10 rings (SSSR count). The SMILES string of the molecule is Cc1ccc(NC(=O)C2(c3ccc4c(c3)OCO4)CC2)cc1-c1ccc(CO)cc1.Cc1ccc(NC(=O)C2(c3ccc4c(c3)OCO4)CC2)cc1Br.O[B]Oc1ccc(CO)cc1. The van der Waals surface area contributed by atoms with Gasteiger partial charge in [-0.15, -0.1) is 0 Å². The number of nitrogens with one attached hydrogen (secondary N) is 2. The monoisotopic (exact) mass is 925 g/mol. The van der Waals surface area contributed by atoms with Gasteiger partial charge in [-0.1, -0.05) is 76.6 Å². The molecule has 0 bridgehead atoms. The van der Waals surface area contributed by atoms with E-state index in [1.807, 2.05) is 104 Å². The molecule has 0 unspecified atom stereocenters. The number of benzene rings is 6. The number of hydrogen-bond acceptors (Lipinski definition) is 10. The molecule has 2 heterocycles. The second-order valence-corrected chi connectivity index (χ2v) is 16.9. The van der Waals surface area contributed by atoms with Gasteiger partial charge in [0.05, 0.1) is 29.8 Å². The summed E-state index contributed by atoms with van der Waals surface area (Å²) in [5.41, 5.74) is 8.66. The van der Waals surface area contributed by atoms with E-state index in [1.165, 1.54) is 0 Å². The topological polar surface area (TPSA) is 165 Å². The molecule has 2 saturated carbocycles. The number of ether oxygens (including phenoxy) is 4. The van der Waals surface area contributed by atoms with Crippen molar-refractivity contribution in [3.05, 3.63) is 159 Å². The van der Waals surface area contributed by atoms with Crippen LogP contribution in [0.5, 0.6) is 28.7 Å². The molecule has 12 nitrogen and oxygen atoms in total. The van der Waals surface area contributed by atoms with Crippen molar-refractivity contribution in [3.63, 3.8) is 0 Å². The van der Waals surface area contributed by atoms with Crippen LogP contribution in [0.15, 0.2) is 126 Å². The summed E-state index contributed by atoms with van der Waals surface area (Å²) in [7, 11) is 0.619. The van der Waals surface area contributed by atoms with E-state index in [4.69, 9.17) is 29.1 Å². The number of hydrogen-bond donors (Lipinski definition) is 5. The first kappa shape index (κ1) is 44.3. The zero-order chi connectivity index (χ0) is 44.8. The molecule has 0 atom stereocenters. The van der Waals surface area contributed by atoms with Gasteiger partial charge in [-0.05, 0) is 145 Å². The van der Waals surface area contributed by atoms with Crippen molar-refractivity contribution in [2.75, 3.05) is 24.2 Å². The van der Waals surface area contributed by atoms with E-state index in [9.17, 15) is 14.7 Å². The molecule has 14 heteroatoms. The summed E-state index contributed by atoms with van der Waals surface area (Å²) >= 11 is 3.50. The Kier molecular flexibility index (Phi) is 13.3. The molecule has 1 radical (unpaired) electrons. The Labute approximate surface area is 380 Å². The van der Waals surface area contributed by atoms with Crippen molar-refractivity contribution in [2.45, 2.75) is 63.6 Å². The highest BCUT2D eigenvalue weighted by Gasteiger charge is 2.52. The van der Waals surface area contributed by atoms with Crippen LogP contribution in [0.2, 0.25) is 0 Å². The zero-order valence-corrected chi connectivity index (χ0v) is 36.9. The fourth-order valence-corrected chi connectivity index (χ4v) is 8.02. The lowest BCUT2D eigenvalue weighted by atomic mass is 9.94. The highest BCUT2D eigenvalue weighted by Crippen LogP contribution is 2.52. The Morgan fingerprint density at radius 1 is 0.609 bits per heavy atom. The van der Waals surface area contributed by atoms with Crippen LogP contribution in [0.3, 0.4) is 0 Å². The molecule has 2 fully saturated rings. The van der Waals surface area contributed by atoms with Crippen LogP contribution < -0.4 is 34.2 Å². The Bertz CT molecular complexity index is 2650. The number of aryl methyl sites for hydroxylation is 2. The van der Waals surface area contributed by atoms with Gasteiger partial charge in [-0.25, -0.2) is 0 Å². The third-order valence-corrected chi connectivity index (χ3v) is 12.7. The molecule has 4 aliphatic rings. The minimum absolute atomic E-state index is 0.00629. The maximum atomic E-state index is 13.2. The largest absolute Gasteiger partial charge is 0.569 e. The number of amides is 2. The predicted molar refractivity (Wildman–Crippen MR) is 247 cm³/mol. The molecule has 5 N–H and O–H groups in total. The summed E-state index contributed by atoms with van der Waals surface area (Å²) in [6.07, 6.45) is 3.34. The Balaban J connectivity index is 0.000000145. The lowest BCUT2D eigenvalue weighted by Crippen LogP contribution is -2.27. The molecule has 327 valence electrons. The van der Waals surface area contributed by atoms with Gasteiger partial charge in [0, 0.05) is 15.8 Å². The van der Waals surface area contributed by atoms with E-state index in [0.717, 1.165) is 103 Å². The summed E-state index contributed by atoms with van der Waals surface area (Å²) in [4.78, 5) is 26.0. The van der Waals surface area contributed by atoms with Crippen LogP contribution >= 0.6 is 15.9 Å². The highest BCUT2D eigenvalue weighted by atomic mass is 79.9. The fourth-order valence-electron chi connectivity index (χ4n) is 7.64. The lowest BCUT2D eigenvalue weighted by molar-refractivity contribution is -0.119. The molecule has 2 aliphatic heterocycles. The number of rotatable bonds is 11. The van der Waals surface area contributed by atoms with Gasteiger partial charge in [0.25, 0.3) is 0 Å². The lowest BCUT2D eigenvalue weighted by Gasteiger charge is -2.17. The van der Waals surface area contributed by atoms with Gasteiger partial charge in [-0.3, -0.25) is 9.59 Å². The molecule has 6 aromatic rings. The average molecular weight is 927 g/mol. The molecule has 0 spiro atoms. The van der Waals surface area contributed by atoms with Crippen molar-refractivity contribution in [1.82, 2.24) is 0 Å². The highest BCUT2D eigenvalue weighted by molar-refractivity contribution is 9.10. The Morgan fingerprint density at radius 2 is 1.08 bits per heavy atom. The molecule has 2 amide bonds. The smallest absolute Gasteiger partial charge is 0.537 e. The zero-order valence-electron chi connectivity index (χ0n) is 35.4. The van der Waals surface area contributed by atoms with Gasteiger partial charge in [0.15, 0.2) is 23.0 Å². The van der Waals surface area contributed by atoms with Gasteiger partial charge in [0.1, 0.15) is 0 Å². The second-order valence-electron chi connectivity index (χ2n) is 16.1. The third-order valence-electron chi connectivity index (χ3n) is 11.9. The van der Waals surface area contributed by atoms with E-state index in [1.54, 1.807) is 24.3 Å². The van der Waals surface area contributed by atoms with Crippen molar-refractivity contribution in [2.24, 2.45) is 0 Å². The summed E-state index contributed by atoms with van der Waals surface area (Å²) in [6.45, 7) is 4.58. The second kappa shape index (κ2) is 19.2. The fraction of sp³-hybridized carbons (Fsp3) is 0.240. The number of aliphatic hydroxyl groups is 2. The van der Waals surface area contributed by atoms with Crippen molar-refractivity contribution in [1.29, 1.82) is 0 Å². The Morgan fingerprint density at radius 3 is 1.55 bits per heavy atom. The van der Waals surface area contributed by atoms with Crippen LogP contribution in [-0.4, -0.2) is 48.3 Å². The average Bonchev–Trinajstić information content (AvgIpc) is 4.22. The van der Waals surface area contributed by atoms with Crippen molar-refractivity contribution < 1.29 is 48.4 Å². The summed E-state index contributed by atoms with van der Waals surface area (Å²) in [5, 5.41) is 32.3. The van der Waals surface area contributed by atoms with Crippen LogP contribution in [0.25, 0.3) is 11.1 Å². The Hall–Kier alpha value is -6.32. The molecule has 0 saturated heterocycles. The van der Waals surface area contributed by atoms with E-state index in [2.05, 4.69) is 38.1 Å². The summed E-state index contributed by atoms with van der Waals surface area (Å²) in [6, 6.07) is 38.0. The van der Waals surface area contributed by atoms with Gasteiger partial charge in [-0.2, -0.15) is 0 Å². The third kappa shape index (κ3) is 9.75. The molecule has 6 aromatic carbocycles. The van der Waals surface area contributed by atoms with E-state index in [0.29, 0.717) is 19.2 Å². The van der Waals surface area contributed by atoms with Crippen LogP contribution in [0.4, 0.5) is 11.4 Å². The van der Waals surface area contributed by atoms with E-state index < -0.39 is 10.8 Å². The molecular formula is C50H47BBrN2O10. The van der Waals surface area contributed by atoms with Gasteiger partial charge >= 0.3 is 7.69 Å². The molecule has 2 aliphatic carbocycles. The minimum Gasteiger partial charge on any atom is -0.537 e. The summed E-state index contributed by atoms with van der Waals surface area (Å²) < 4.78 is 27.3. The van der Waals surface area contributed by atoms with E-state index >= 15 is 0 Å². The maximum absolute atomic E-state index is 13.2. The summed E-state index contributed by atoms with van der Waals surface area (Å²) in [5.74, 6) is 3.48. The number of fused-ring (bicyclic) bond motifs is 2. The van der Waals surface area contributed by atoms with Crippen LogP contribution in [-0.2, 0) is 33.6 Å². The number of carbonyl (C=O) groups is 2. The number of carbonyl (C=O) groups excluding carboxylic acids is 2. The van der Waals surface area contributed by atoms with Gasteiger partial charge in [0.2, 0.25) is 25.4 Å². The van der Waals surface area contributed by atoms with Gasteiger partial charge < -0.3 is 49.5 Å². The van der Waals surface area contributed by atoms with Crippen molar-refractivity contribution in [3.8, 4) is 39.9 Å². The molecular weight excluding hydrogens is 879 g/mol. The first-order chi connectivity index (χ1) is 31.0. The quantitative estimate of drug-likeness (QED) is 0.0794. The molecule has 0 aromatic heterocycles. The predicted octanol–water partition coefficient (Wildman–Crippen LogP) is 8.79. The molecule has 64 heavy (non-hydrogen) atoms.